The number of hydrogen-bond donors (Lipinski definition) is 1. The molecular formula is C11H12N2O3S. The van der Waals surface area contributed by atoms with Crippen LogP contribution in [-0.2, 0) is 0 Å². The number of rotatable bonds is 4. The standard InChI is InChI=1S/C11H12N2O3S/c1-7(14)8(2)17-11-4-3-9(6-12)5-10(11)13(15)16/h3-5,7-8,14H,1-2H3/t7-,8+/m1/s1. The summed E-state index contributed by atoms with van der Waals surface area (Å²) in [5, 5.41) is 28.8. The van der Waals surface area contributed by atoms with Gasteiger partial charge in [0.2, 0.25) is 0 Å². The van der Waals surface area contributed by atoms with Crippen LogP contribution in [0.15, 0.2) is 23.1 Å². The minimum absolute atomic E-state index is 0.0958. The van der Waals surface area contributed by atoms with Gasteiger partial charge in [0.25, 0.3) is 5.69 Å². The molecule has 90 valence electrons. The Balaban J connectivity index is 3.08. The highest BCUT2D eigenvalue weighted by molar-refractivity contribution is 8.00. The Kier molecular flexibility index (Phi) is 4.49. The van der Waals surface area contributed by atoms with E-state index in [0.717, 1.165) is 0 Å². The number of nitriles is 1. The number of thioether (sulfide) groups is 1. The van der Waals surface area contributed by atoms with Gasteiger partial charge in [-0.25, -0.2) is 0 Å². The second-order valence-electron chi connectivity index (χ2n) is 3.61. The molecule has 6 heteroatoms. The summed E-state index contributed by atoms with van der Waals surface area (Å²) in [7, 11) is 0. The fourth-order valence-electron chi connectivity index (χ4n) is 1.13. The first kappa shape index (κ1) is 13.5. The highest BCUT2D eigenvalue weighted by Gasteiger charge is 2.19. The number of hydrogen-bond acceptors (Lipinski definition) is 5. The summed E-state index contributed by atoms with van der Waals surface area (Å²) in [5.41, 5.74) is 0.160. The Bertz CT molecular complexity index is 468. The van der Waals surface area contributed by atoms with E-state index in [2.05, 4.69) is 0 Å². The lowest BCUT2D eigenvalue weighted by Gasteiger charge is -2.13. The Morgan fingerprint density at radius 3 is 2.65 bits per heavy atom. The van der Waals surface area contributed by atoms with Gasteiger partial charge in [-0.15, -0.1) is 11.8 Å². The molecule has 1 rings (SSSR count). The molecule has 1 aromatic rings. The van der Waals surface area contributed by atoms with Crippen molar-refractivity contribution in [1.29, 1.82) is 5.26 Å². The van der Waals surface area contributed by atoms with Crippen LogP contribution in [0.1, 0.15) is 19.4 Å². The molecule has 0 saturated carbocycles. The highest BCUT2D eigenvalue weighted by Crippen LogP contribution is 2.33. The molecule has 0 amide bonds. The van der Waals surface area contributed by atoms with E-state index in [4.69, 9.17) is 5.26 Å². The normalized spacial score (nSPS) is 13.8. The molecule has 0 radical (unpaired) electrons. The van der Waals surface area contributed by atoms with Gasteiger partial charge in [0.05, 0.1) is 27.6 Å². The van der Waals surface area contributed by atoms with Crippen molar-refractivity contribution in [2.75, 3.05) is 0 Å². The van der Waals surface area contributed by atoms with E-state index in [0.29, 0.717) is 4.90 Å². The van der Waals surface area contributed by atoms with Crippen molar-refractivity contribution in [3.8, 4) is 6.07 Å². The Labute approximate surface area is 103 Å². The molecule has 2 atom stereocenters. The Morgan fingerprint density at radius 2 is 2.18 bits per heavy atom. The van der Waals surface area contributed by atoms with Gasteiger partial charge in [-0.2, -0.15) is 5.26 Å². The number of nitrogens with zero attached hydrogens (tertiary/aromatic N) is 2. The van der Waals surface area contributed by atoms with Gasteiger partial charge in [0.1, 0.15) is 0 Å². The number of aliphatic hydroxyl groups is 1. The average molecular weight is 252 g/mol. The van der Waals surface area contributed by atoms with Crippen LogP contribution in [0.25, 0.3) is 0 Å². The van der Waals surface area contributed by atoms with Crippen LogP contribution in [0.4, 0.5) is 5.69 Å². The zero-order valence-corrected chi connectivity index (χ0v) is 10.3. The van der Waals surface area contributed by atoms with E-state index in [-0.39, 0.29) is 16.5 Å². The molecule has 0 bridgehead atoms. The summed E-state index contributed by atoms with van der Waals surface area (Å²) in [6, 6.07) is 6.18. The summed E-state index contributed by atoms with van der Waals surface area (Å²) in [6.45, 7) is 3.42. The monoisotopic (exact) mass is 252 g/mol. The lowest BCUT2D eigenvalue weighted by molar-refractivity contribution is -0.387. The first-order chi connectivity index (χ1) is 7.95. The van der Waals surface area contributed by atoms with Crippen LogP contribution in [0, 0.1) is 21.4 Å². The molecule has 0 heterocycles. The molecule has 1 N–H and O–H groups in total. The molecule has 0 saturated heterocycles. The van der Waals surface area contributed by atoms with E-state index in [1.807, 2.05) is 6.07 Å². The second-order valence-corrected chi connectivity index (χ2v) is 5.03. The molecule has 1 aromatic carbocycles. The van der Waals surface area contributed by atoms with E-state index in [1.54, 1.807) is 19.9 Å². The van der Waals surface area contributed by atoms with Crippen molar-refractivity contribution in [1.82, 2.24) is 0 Å². The van der Waals surface area contributed by atoms with Gasteiger partial charge >= 0.3 is 0 Å². The predicted molar refractivity (Wildman–Crippen MR) is 64.8 cm³/mol. The SMILES string of the molecule is C[C@H](Sc1ccc(C#N)cc1[N+](=O)[O-])[C@@H](C)O. The summed E-state index contributed by atoms with van der Waals surface area (Å²) in [5.74, 6) is 0. The molecular weight excluding hydrogens is 240 g/mol. The molecule has 0 aliphatic rings. The van der Waals surface area contributed by atoms with Crippen molar-refractivity contribution >= 4 is 17.4 Å². The number of benzene rings is 1. The highest BCUT2D eigenvalue weighted by atomic mass is 32.2. The van der Waals surface area contributed by atoms with Crippen LogP contribution in [-0.4, -0.2) is 21.4 Å². The molecule has 0 aromatic heterocycles. The van der Waals surface area contributed by atoms with Crippen molar-refractivity contribution < 1.29 is 10.0 Å². The second kappa shape index (κ2) is 5.66. The lowest BCUT2D eigenvalue weighted by atomic mass is 10.2. The largest absolute Gasteiger partial charge is 0.392 e. The molecule has 17 heavy (non-hydrogen) atoms. The van der Waals surface area contributed by atoms with Gasteiger partial charge in [0, 0.05) is 11.3 Å². The van der Waals surface area contributed by atoms with Crippen molar-refractivity contribution in [3.05, 3.63) is 33.9 Å². The average Bonchev–Trinajstić information content (AvgIpc) is 2.29. The van der Waals surface area contributed by atoms with Crippen LogP contribution in [0.3, 0.4) is 0 Å². The third-order valence-electron chi connectivity index (χ3n) is 2.28. The van der Waals surface area contributed by atoms with Crippen LogP contribution in [0.5, 0.6) is 0 Å². The molecule has 0 unspecified atom stereocenters. The van der Waals surface area contributed by atoms with E-state index >= 15 is 0 Å². The van der Waals surface area contributed by atoms with Crippen LogP contribution < -0.4 is 0 Å². The van der Waals surface area contributed by atoms with Gasteiger partial charge in [-0.1, -0.05) is 6.92 Å². The first-order valence-corrected chi connectivity index (χ1v) is 5.87. The van der Waals surface area contributed by atoms with Crippen LogP contribution >= 0.6 is 11.8 Å². The molecule has 0 spiro atoms. The fourth-order valence-corrected chi connectivity index (χ4v) is 2.13. The van der Waals surface area contributed by atoms with Gasteiger partial charge in [0.15, 0.2) is 0 Å². The summed E-state index contributed by atoms with van der Waals surface area (Å²) in [4.78, 5) is 10.8. The predicted octanol–water partition coefficient (Wildman–Crippen LogP) is 2.33. The third-order valence-corrected chi connectivity index (χ3v) is 3.64. The van der Waals surface area contributed by atoms with Gasteiger partial charge in [-0.05, 0) is 19.1 Å². The maximum atomic E-state index is 10.9. The van der Waals surface area contributed by atoms with E-state index in [1.165, 1.54) is 23.9 Å². The Morgan fingerprint density at radius 1 is 1.53 bits per heavy atom. The zero-order chi connectivity index (χ0) is 13.0. The van der Waals surface area contributed by atoms with Gasteiger partial charge in [-0.3, -0.25) is 10.1 Å². The summed E-state index contributed by atoms with van der Waals surface area (Å²) < 4.78 is 0. The topological polar surface area (TPSA) is 87.2 Å². The number of aliphatic hydroxyl groups excluding tert-OH is 1. The van der Waals surface area contributed by atoms with Crippen molar-refractivity contribution in [3.63, 3.8) is 0 Å². The van der Waals surface area contributed by atoms with Crippen molar-refractivity contribution in [2.24, 2.45) is 0 Å². The van der Waals surface area contributed by atoms with Gasteiger partial charge < -0.3 is 5.11 Å². The summed E-state index contributed by atoms with van der Waals surface area (Å²) in [6.07, 6.45) is -0.560. The van der Waals surface area contributed by atoms with Crippen LogP contribution in [0.2, 0.25) is 0 Å². The van der Waals surface area contributed by atoms with Crippen molar-refractivity contribution in [2.45, 2.75) is 30.1 Å². The quantitative estimate of drug-likeness (QED) is 0.505. The first-order valence-electron chi connectivity index (χ1n) is 4.99. The molecule has 0 fully saturated rings. The lowest BCUT2D eigenvalue weighted by Crippen LogP contribution is -2.15. The zero-order valence-electron chi connectivity index (χ0n) is 9.45. The maximum absolute atomic E-state index is 10.9. The molecule has 0 aliphatic carbocycles. The maximum Gasteiger partial charge on any atom is 0.284 e. The number of nitro benzene ring substituents is 1. The third kappa shape index (κ3) is 3.44. The minimum atomic E-state index is -0.560. The Hall–Kier alpha value is -1.58. The summed E-state index contributed by atoms with van der Waals surface area (Å²) >= 11 is 1.22. The smallest absolute Gasteiger partial charge is 0.284 e. The molecule has 5 nitrogen and oxygen atoms in total. The minimum Gasteiger partial charge on any atom is -0.392 e. The number of nitro groups is 1. The van der Waals surface area contributed by atoms with E-state index in [9.17, 15) is 15.2 Å². The fraction of sp³-hybridized carbons (Fsp3) is 0.364. The van der Waals surface area contributed by atoms with E-state index < -0.39 is 11.0 Å². The molecule has 0 aliphatic heterocycles.